The topological polar surface area (TPSA) is 131 Å². The first-order valence-corrected chi connectivity index (χ1v) is 10.9. The van der Waals surface area contributed by atoms with Gasteiger partial charge in [0, 0.05) is 31.7 Å². The van der Waals surface area contributed by atoms with Gasteiger partial charge in [-0.2, -0.15) is 15.4 Å². The zero-order chi connectivity index (χ0) is 22.2. The third-order valence-corrected chi connectivity index (χ3v) is 6.38. The molecule has 2 aliphatic rings. The van der Waals surface area contributed by atoms with Gasteiger partial charge in [-0.15, -0.1) is 5.10 Å². The SMILES string of the molecule is COc1ccc(CCNc2nccc(-c3nnc(N4CC5C(C4)C5c4cn[nH]n4)o3)n2)cc1. The van der Waals surface area contributed by atoms with E-state index >= 15 is 0 Å². The predicted molar refractivity (Wildman–Crippen MR) is 119 cm³/mol. The molecule has 2 N–H and O–H groups in total. The van der Waals surface area contributed by atoms with Gasteiger partial charge in [0.2, 0.25) is 5.95 Å². The predicted octanol–water partition coefficient (Wildman–Crippen LogP) is 2.16. The van der Waals surface area contributed by atoms with Crippen LogP contribution in [0.5, 0.6) is 5.75 Å². The summed E-state index contributed by atoms with van der Waals surface area (Å²) in [5.74, 6) is 3.37. The fourth-order valence-electron chi connectivity index (χ4n) is 4.61. The van der Waals surface area contributed by atoms with E-state index in [0.717, 1.165) is 31.0 Å². The highest BCUT2D eigenvalue weighted by atomic mass is 16.5. The molecule has 2 fully saturated rings. The maximum absolute atomic E-state index is 5.94. The highest BCUT2D eigenvalue weighted by molar-refractivity contribution is 5.50. The van der Waals surface area contributed by atoms with Crippen molar-refractivity contribution in [1.82, 2.24) is 35.6 Å². The normalized spacial score (nSPS) is 21.1. The van der Waals surface area contributed by atoms with E-state index in [1.165, 1.54) is 5.56 Å². The lowest BCUT2D eigenvalue weighted by atomic mass is 10.1. The lowest BCUT2D eigenvalue weighted by Crippen LogP contribution is -2.23. The van der Waals surface area contributed by atoms with Gasteiger partial charge in [-0.25, -0.2) is 9.97 Å². The first kappa shape index (κ1) is 19.6. The smallest absolute Gasteiger partial charge is 0.318 e. The number of anilines is 2. The van der Waals surface area contributed by atoms with Crippen LogP contribution in [0.4, 0.5) is 12.0 Å². The lowest BCUT2D eigenvalue weighted by molar-refractivity contribution is 0.414. The van der Waals surface area contributed by atoms with Gasteiger partial charge in [0.1, 0.15) is 11.4 Å². The summed E-state index contributed by atoms with van der Waals surface area (Å²) in [6, 6.07) is 10.3. The van der Waals surface area contributed by atoms with Crippen LogP contribution in [-0.2, 0) is 6.42 Å². The van der Waals surface area contributed by atoms with Crippen LogP contribution in [0.1, 0.15) is 17.2 Å². The van der Waals surface area contributed by atoms with Crippen molar-refractivity contribution in [2.45, 2.75) is 12.3 Å². The summed E-state index contributed by atoms with van der Waals surface area (Å²) in [5.41, 5.74) is 2.85. The zero-order valence-corrected chi connectivity index (χ0v) is 18.0. The Morgan fingerprint density at radius 1 is 1.15 bits per heavy atom. The van der Waals surface area contributed by atoms with E-state index in [1.54, 1.807) is 19.4 Å². The molecular formula is C22H23N9O2. The number of aromatic amines is 1. The Bertz CT molecular complexity index is 1210. The van der Waals surface area contributed by atoms with E-state index in [2.05, 4.69) is 45.8 Å². The van der Waals surface area contributed by atoms with Gasteiger partial charge in [-0.3, -0.25) is 0 Å². The van der Waals surface area contributed by atoms with Gasteiger partial charge < -0.3 is 19.4 Å². The number of nitrogens with one attached hydrogen (secondary N) is 2. The molecule has 1 aliphatic heterocycles. The molecule has 0 spiro atoms. The second kappa shape index (κ2) is 8.15. The number of hydrogen-bond acceptors (Lipinski definition) is 10. The largest absolute Gasteiger partial charge is 0.497 e. The van der Waals surface area contributed by atoms with Crippen LogP contribution in [0.15, 0.2) is 47.1 Å². The van der Waals surface area contributed by atoms with E-state index < -0.39 is 0 Å². The molecule has 0 radical (unpaired) electrons. The molecule has 168 valence electrons. The monoisotopic (exact) mass is 445 g/mol. The molecule has 11 nitrogen and oxygen atoms in total. The molecule has 11 heteroatoms. The number of hydrogen-bond donors (Lipinski definition) is 2. The van der Waals surface area contributed by atoms with Gasteiger partial charge in [0.25, 0.3) is 5.89 Å². The van der Waals surface area contributed by atoms with E-state index in [0.29, 0.717) is 47.8 Å². The van der Waals surface area contributed by atoms with Crippen molar-refractivity contribution in [3.63, 3.8) is 0 Å². The molecule has 3 aromatic heterocycles. The summed E-state index contributed by atoms with van der Waals surface area (Å²) in [4.78, 5) is 11.0. The quantitative estimate of drug-likeness (QED) is 0.416. The number of fused-ring (bicyclic) bond motifs is 1. The fraction of sp³-hybridized carbons (Fsp3) is 0.364. The van der Waals surface area contributed by atoms with E-state index in [-0.39, 0.29) is 0 Å². The Balaban J connectivity index is 1.06. The Kier molecular flexibility index (Phi) is 4.85. The first-order chi connectivity index (χ1) is 16.3. The molecule has 1 saturated heterocycles. The number of piperidine rings is 1. The van der Waals surface area contributed by atoms with Crippen LogP contribution in [0.25, 0.3) is 11.6 Å². The van der Waals surface area contributed by atoms with E-state index in [1.807, 2.05) is 30.5 Å². The fourth-order valence-corrected chi connectivity index (χ4v) is 4.61. The maximum atomic E-state index is 5.94. The summed E-state index contributed by atoms with van der Waals surface area (Å²) < 4.78 is 11.1. The van der Waals surface area contributed by atoms with Crippen molar-refractivity contribution in [2.75, 3.05) is 37.0 Å². The minimum Gasteiger partial charge on any atom is -0.497 e. The van der Waals surface area contributed by atoms with E-state index in [4.69, 9.17) is 9.15 Å². The zero-order valence-electron chi connectivity index (χ0n) is 18.0. The molecule has 6 rings (SSSR count). The average molecular weight is 445 g/mol. The maximum Gasteiger partial charge on any atom is 0.318 e. The van der Waals surface area contributed by atoms with Crippen molar-refractivity contribution in [2.24, 2.45) is 11.8 Å². The van der Waals surface area contributed by atoms with Gasteiger partial charge in [0.05, 0.1) is 19.0 Å². The third-order valence-electron chi connectivity index (χ3n) is 6.38. The average Bonchev–Trinajstić information content (AvgIpc) is 3.39. The van der Waals surface area contributed by atoms with Crippen LogP contribution in [-0.4, -0.2) is 62.3 Å². The summed E-state index contributed by atoms with van der Waals surface area (Å²) in [7, 11) is 1.66. The van der Waals surface area contributed by atoms with Gasteiger partial charge in [0.15, 0.2) is 0 Å². The van der Waals surface area contributed by atoms with Crippen molar-refractivity contribution in [3.05, 3.63) is 54.0 Å². The van der Waals surface area contributed by atoms with Crippen molar-refractivity contribution < 1.29 is 9.15 Å². The molecule has 1 aliphatic carbocycles. The van der Waals surface area contributed by atoms with Crippen LogP contribution < -0.4 is 15.0 Å². The number of H-pyrrole nitrogens is 1. The van der Waals surface area contributed by atoms with Crippen LogP contribution >= 0.6 is 0 Å². The number of rotatable bonds is 8. The first-order valence-electron chi connectivity index (χ1n) is 10.9. The summed E-state index contributed by atoms with van der Waals surface area (Å²) in [5, 5.41) is 22.6. The summed E-state index contributed by atoms with van der Waals surface area (Å²) >= 11 is 0. The van der Waals surface area contributed by atoms with Gasteiger partial charge >= 0.3 is 6.01 Å². The number of nitrogens with zero attached hydrogens (tertiary/aromatic N) is 7. The molecular weight excluding hydrogens is 422 g/mol. The number of methoxy groups -OCH3 is 1. The highest BCUT2D eigenvalue weighted by Gasteiger charge is 2.58. The van der Waals surface area contributed by atoms with E-state index in [9.17, 15) is 0 Å². The van der Waals surface area contributed by atoms with Crippen molar-refractivity contribution >= 4 is 12.0 Å². The molecule has 1 aromatic carbocycles. The number of aromatic nitrogens is 7. The molecule has 33 heavy (non-hydrogen) atoms. The summed E-state index contributed by atoms with van der Waals surface area (Å²) in [6.45, 7) is 2.46. The second-order valence-electron chi connectivity index (χ2n) is 8.33. The van der Waals surface area contributed by atoms with Crippen molar-refractivity contribution in [1.29, 1.82) is 0 Å². The standard InChI is InChI=1S/C22H23N9O2/c1-32-14-4-2-13(3-5-14)6-8-23-21-24-9-7-17(26-21)20-28-29-22(33-20)31-11-15-16(12-31)19(15)18-10-25-30-27-18/h2-5,7,9-10,15-16,19H,6,8,11-12H2,1H3,(H,23,24,26)(H,25,27,30). The van der Waals surface area contributed by atoms with Gasteiger partial charge in [-0.1, -0.05) is 17.2 Å². The second-order valence-corrected chi connectivity index (χ2v) is 8.33. The third kappa shape index (κ3) is 3.86. The minimum absolute atomic E-state index is 0.388. The lowest BCUT2D eigenvalue weighted by Gasteiger charge is -2.15. The van der Waals surface area contributed by atoms with Crippen LogP contribution in [0.2, 0.25) is 0 Å². The summed E-state index contributed by atoms with van der Waals surface area (Å²) in [6.07, 6.45) is 4.35. The Labute approximate surface area is 189 Å². The molecule has 1 saturated carbocycles. The number of ether oxygens (including phenoxy) is 1. The van der Waals surface area contributed by atoms with Gasteiger partial charge in [-0.05, 0) is 42.0 Å². The molecule has 4 aromatic rings. The highest BCUT2D eigenvalue weighted by Crippen LogP contribution is 2.58. The Hall–Kier alpha value is -4.02. The molecule has 0 bridgehead atoms. The number of benzene rings is 1. The molecule has 4 heterocycles. The van der Waals surface area contributed by atoms with Crippen molar-refractivity contribution in [3.8, 4) is 17.3 Å². The van der Waals surface area contributed by atoms with Crippen LogP contribution in [0.3, 0.4) is 0 Å². The minimum atomic E-state index is 0.388. The Morgan fingerprint density at radius 2 is 2.00 bits per heavy atom. The van der Waals surface area contributed by atoms with Crippen LogP contribution in [0, 0.1) is 11.8 Å². The molecule has 2 unspecified atom stereocenters. The molecule has 2 atom stereocenters. The molecule has 0 amide bonds. The Morgan fingerprint density at radius 3 is 2.76 bits per heavy atom.